The molecule has 114 valence electrons. The number of amides is 1. The molecule has 1 atom stereocenters. The fourth-order valence-electron chi connectivity index (χ4n) is 1.92. The van der Waals surface area contributed by atoms with Crippen molar-refractivity contribution in [1.29, 1.82) is 0 Å². The van der Waals surface area contributed by atoms with Gasteiger partial charge < -0.3 is 11.1 Å². The van der Waals surface area contributed by atoms with Crippen LogP contribution in [0.4, 0.5) is 5.82 Å². The van der Waals surface area contributed by atoms with E-state index >= 15 is 0 Å². The summed E-state index contributed by atoms with van der Waals surface area (Å²) in [6.07, 6.45) is 4.13. The number of nitrogens with zero attached hydrogens (tertiary/aromatic N) is 5. The zero-order chi connectivity index (χ0) is 15.4. The number of hydrogen-bond donors (Lipinski definition) is 2. The van der Waals surface area contributed by atoms with Crippen molar-refractivity contribution in [3.05, 3.63) is 24.2 Å². The van der Waals surface area contributed by atoms with Crippen molar-refractivity contribution in [3.8, 4) is 0 Å². The zero-order valence-electron chi connectivity index (χ0n) is 12.5. The summed E-state index contributed by atoms with van der Waals surface area (Å²) in [5, 5.41) is 14.9. The molecular weight excluding hydrogens is 270 g/mol. The summed E-state index contributed by atoms with van der Waals surface area (Å²) >= 11 is 0. The number of anilines is 1. The third-order valence-electron chi connectivity index (χ3n) is 3.11. The largest absolute Gasteiger partial charge is 0.323 e. The first kappa shape index (κ1) is 15.2. The van der Waals surface area contributed by atoms with Gasteiger partial charge in [-0.2, -0.15) is 5.10 Å². The molecule has 2 heterocycles. The van der Waals surface area contributed by atoms with Crippen LogP contribution >= 0.6 is 0 Å². The first-order valence-electron chi connectivity index (χ1n) is 7.00. The molecule has 0 spiro atoms. The second-order valence-corrected chi connectivity index (χ2v) is 5.16. The van der Waals surface area contributed by atoms with E-state index in [1.807, 2.05) is 20.8 Å². The van der Waals surface area contributed by atoms with E-state index in [0.29, 0.717) is 11.5 Å². The maximum Gasteiger partial charge on any atom is 0.247 e. The molecule has 0 aliphatic carbocycles. The van der Waals surface area contributed by atoms with E-state index in [0.717, 1.165) is 6.42 Å². The monoisotopic (exact) mass is 291 g/mol. The standard InChI is InChI=1S/C13H21N7O/c1-4-10(14)11-7-19(18-17-11)8-13(21)16-12-5-6-15-20(12)9(2)3/h5-7,9-10H,4,8,14H2,1-3H3,(H,16,21). The minimum Gasteiger partial charge on any atom is -0.323 e. The van der Waals surface area contributed by atoms with E-state index in [9.17, 15) is 4.79 Å². The van der Waals surface area contributed by atoms with Crippen molar-refractivity contribution in [3.63, 3.8) is 0 Å². The first-order valence-corrected chi connectivity index (χ1v) is 7.00. The average Bonchev–Trinajstić information content (AvgIpc) is 3.07. The molecule has 8 heteroatoms. The van der Waals surface area contributed by atoms with Crippen LogP contribution in [0.15, 0.2) is 18.5 Å². The Kier molecular flexibility index (Phi) is 4.69. The van der Waals surface area contributed by atoms with Gasteiger partial charge in [0.1, 0.15) is 12.4 Å². The molecule has 0 fully saturated rings. The molecule has 2 rings (SSSR count). The van der Waals surface area contributed by atoms with Crippen LogP contribution in [0.2, 0.25) is 0 Å². The van der Waals surface area contributed by atoms with Crippen LogP contribution in [0.25, 0.3) is 0 Å². The van der Waals surface area contributed by atoms with Gasteiger partial charge in [-0.1, -0.05) is 12.1 Å². The van der Waals surface area contributed by atoms with Crippen molar-refractivity contribution < 1.29 is 4.79 Å². The van der Waals surface area contributed by atoms with Crippen molar-refractivity contribution in [2.24, 2.45) is 5.73 Å². The van der Waals surface area contributed by atoms with E-state index in [-0.39, 0.29) is 24.5 Å². The van der Waals surface area contributed by atoms with Gasteiger partial charge >= 0.3 is 0 Å². The molecule has 1 amide bonds. The van der Waals surface area contributed by atoms with Crippen LogP contribution in [0.5, 0.6) is 0 Å². The van der Waals surface area contributed by atoms with Gasteiger partial charge in [0.25, 0.3) is 0 Å². The normalized spacial score (nSPS) is 12.6. The number of aromatic nitrogens is 5. The van der Waals surface area contributed by atoms with Crippen molar-refractivity contribution in [2.75, 3.05) is 5.32 Å². The summed E-state index contributed by atoms with van der Waals surface area (Å²) in [5.41, 5.74) is 6.57. The molecule has 0 aliphatic heterocycles. The minimum atomic E-state index is -0.182. The van der Waals surface area contributed by atoms with Crippen LogP contribution in [0, 0.1) is 0 Å². The van der Waals surface area contributed by atoms with E-state index in [1.54, 1.807) is 23.1 Å². The molecule has 8 nitrogen and oxygen atoms in total. The number of carbonyl (C=O) groups is 1. The molecule has 1 unspecified atom stereocenters. The fraction of sp³-hybridized carbons (Fsp3) is 0.538. The van der Waals surface area contributed by atoms with E-state index in [2.05, 4.69) is 20.7 Å². The minimum absolute atomic E-state index is 0.0900. The number of carbonyl (C=O) groups excluding carboxylic acids is 1. The SMILES string of the molecule is CCC(N)c1cn(CC(=O)Nc2ccnn2C(C)C)nn1. The highest BCUT2D eigenvalue weighted by molar-refractivity contribution is 5.89. The Morgan fingerprint density at radius 3 is 2.90 bits per heavy atom. The van der Waals surface area contributed by atoms with Gasteiger partial charge in [-0.05, 0) is 20.3 Å². The van der Waals surface area contributed by atoms with Crippen LogP contribution in [0.3, 0.4) is 0 Å². The number of nitrogens with two attached hydrogens (primary N) is 1. The Balaban J connectivity index is 1.98. The van der Waals surface area contributed by atoms with E-state index in [4.69, 9.17) is 5.73 Å². The second-order valence-electron chi connectivity index (χ2n) is 5.16. The molecule has 0 saturated heterocycles. The van der Waals surface area contributed by atoms with Gasteiger partial charge in [-0.15, -0.1) is 5.10 Å². The third kappa shape index (κ3) is 3.66. The maximum absolute atomic E-state index is 12.0. The number of nitrogens with one attached hydrogen (secondary N) is 1. The molecule has 0 bridgehead atoms. The molecule has 21 heavy (non-hydrogen) atoms. The predicted molar refractivity (Wildman–Crippen MR) is 78.5 cm³/mol. The molecular formula is C13H21N7O. The average molecular weight is 291 g/mol. The molecule has 0 aromatic carbocycles. The topological polar surface area (TPSA) is 104 Å². The highest BCUT2D eigenvalue weighted by Crippen LogP contribution is 2.13. The Morgan fingerprint density at radius 1 is 1.48 bits per heavy atom. The Morgan fingerprint density at radius 2 is 2.24 bits per heavy atom. The van der Waals surface area contributed by atoms with Gasteiger partial charge in [0, 0.05) is 12.1 Å². The van der Waals surface area contributed by atoms with Gasteiger partial charge in [0.2, 0.25) is 5.91 Å². The third-order valence-corrected chi connectivity index (χ3v) is 3.11. The first-order chi connectivity index (χ1) is 10.0. The molecule has 2 aromatic rings. The lowest BCUT2D eigenvalue weighted by Gasteiger charge is -2.11. The molecule has 0 aliphatic rings. The summed E-state index contributed by atoms with van der Waals surface area (Å²) in [7, 11) is 0. The molecule has 2 aromatic heterocycles. The molecule has 3 N–H and O–H groups in total. The van der Waals surface area contributed by atoms with Crippen LogP contribution in [0.1, 0.15) is 45.0 Å². The van der Waals surface area contributed by atoms with Crippen molar-refractivity contribution in [1.82, 2.24) is 24.8 Å². The Hall–Kier alpha value is -2.22. The second kappa shape index (κ2) is 6.49. The van der Waals surface area contributed by atoms with Crippen molar-refractivity contribution in [2.45, 2.75) is 45.8 Å². The highest BCUT2D eigenvalue weighted by Gasteiger charge is 2.12. The lowest BCUT2D eigenvalue weighted by Crippen LogP contribution is -2.21. The van der Waals surface area contributed by atoms with Crippen LogP contribution in [-0.2, 0) is 11.3 Å². The summed E-state index contributed by atoms with van der Waals surface area (Å²) in [5.74, 6) is 0.486. The Labute approximate surface area is 123 Å². The summed E-state index contributed by atoms with van der Waals surface area (Å²) in [6, 6.07) is 1.79. The van der Waals surface area contributed by atoms with Crippen LogP contribution < -0.4 is 11.1 Å². The van der Waals surface area contributed by atoms with Gasteiger partial charge in [-0.25, -0.2) is 9.36 Å². The van der Waals surface area contributed by atoms with Gasteiger partial charge in [0.05, 0.1) is 24.1 Å². The number of hydrogen-bond acceptors (Lipinski definition) is 5. The lowest BCUT2D eigenvalue weighted by atomic mass is 10.2. The summed E-state index contributed by atoms with van der Waals surface area (Å²) < 4.78 is 3.23. The zero-order valence-corrected chi connectivity index (χ0v) is 12.5. The summed E-state index contributed by atoms with van der Waals surface area (Å²) in [6.45, 7) is 6.06. The number of rotatable bonds is 6. The van der Waals surface area contributed by atoms with Crippen molar-refractivity contribution >= 4 is 11.7 Å². The van der Waals surface area contributed by atoms with Gasteiger partial charge in [-0.3, -0.25) is 4.79 Å². The Bertz CT molecular complexity index is 601. The van der Waals surface area contributed by atoms with E-state index in [1.165, 1.54) is 4.68 Å². The fourth-order valence-corrected chi connectivity index (χ4v) is 1.92. The quantitative estimate of drug-likeness (QED) is 0.829. The lowest BCUT2D eigenvalue weighted by molar-refractivity contribution is -0.117. The van der Waals surface area contributed by atoms with E-state index < -0.39 is 0 Å². The molecule has 0 radical (unpaired) electrons. The van der Waals surface area contributed by atoms with Gasteiger partial charge in [0.15, 0.2) is 0 Å². The smallest absolute Gasteiger partial charge is 0.247 e. The maximum atomic E-state index is 12.0. The highest BCUT2D eigenvalue weighted by atomic mass is 16.2. The van der Waals surface area contributed by atoms with Crippen LogP contribution in [-0.4, -0.2) is 30.7 Å². The predicted octanol–water partition coefficient (Wildman–Crippen LogP) is 1.10. The molecule has 0 saturated carbocycles. The summed E-state index contributed by atoms with van der Waals surface area (Å²) in [4.78, 5) is 12.0.